The number of nitrogens with zero attached hydrogens (tertiary/aromatic N) is 3. The first kappa shape index (κ1) is 26.2. The molecule has 3 heterocycles. The summed E-state index contributed by atoms with van der Waals surface area (Å²) in [6, 6.07) is 23.8. The largest absolute Gasteiger partial charge is 0.497 e. The van der Waals surface area contributed by atoms with Crippen LogP contribution in [0.5, 0.6) is 5.75 Å². The van der Waals surface area contributed by atoms with Gasteiger partial charge in [0.15, 0.2) is 4.80 Å². The fourth-order valence-corrected chi connectivity index (χ4v) is 6.80. The van der Waals surface area contributed by atoms with Gasteiger partial charge in [-0.15, -0.1) is 0 Å². The average Bonchev–Trinajstić information content (AvgIpc) is 3.60. The summed E-state index contributed by atoms with van der Waals surface area (Å²) >= 11 is 7.28. The van der Waals surface area contributed by atoms with Crippen molar-refractivity contribution in [2.45, 2.75) is 18.9 Å². The van der Waals surface area contributed by atoms with Crippen LogP contribution in [0, 0.1) is 10.1 Å². The fraction of sp³-hybridized carbons (Fsp3) is 0.125. The number of furan rings is 1. The lowest BCUT2D eigenvalue weighted by Gasteiger charge is -2.30. The summed E-state index contributed by atoms with van der Waals surface area (Å²) in [6.45, 7) is 0. The van der Waals surface area contributed by atoms with E-state index in [2.05, 4.69) is 12.1 Å². The van der Waals surface area contributed by atoms with Gasteiger partial charge >= 0.3 is 0 Å². The number of allylic oxidation sites excluding steroid dienone is 1. The van der Waals surface area contributed by atoms with Gasteiger partial charge < -0.3 is 9.15 Å². The van der Waals surface area contributed by atoms with Crippen LogP contribution in [0.25, 0.3) is 23.1 Å². The Balaban J connectivity index is 1.36. The van der Waals surface area contributed by atoms with Crippen LogP contribution in [0.4, 0.5) is 5.69 Å². The number of nitro benzene ring substituents is 1. The van der Waals surface area contributed by atoms with Crippen molar-refractivity contribution in [1.29, 1.82) is 0 Å². The van der Waals surface area contributed by atoms with Crippen molar-refractivity contribution in [3.63, 3.8) is 0 Å². The highest BCUT2D eigenvalue weighted by molar-refractivity contribution is 7.07. The number of rotatable bonds is 5. The summed E-state index contributed by atoms with van der Waals surface area (Å²) in [5.74, 6) is 1.62. The molecule has 2 aromatic heterocycles. The summed E-state index contributed by atoms with van der Waals surface area (Å²) in [6.07, 6.45) is 3.37. The second-order valence-electron chi connectivity index (χ2n) is 10.0. The van der Waals surface area contributed by atoms with E-state index in [-0.39, 0.29) is 22.3 Å². The molecule has 0 unspecified atom stereocenters. The van der Waals surface area contributed by atoms with Gasteiger partial charge in [-0.3, -0.25) is 19.5 Å². The highest BCUT2D eigenvalue weighted by Crippen LogP contribution is 2.41. The molecular formula is C32H22ClN3O5S. The molecule has 7 rings (SSSR count). The third kappa shape index (κ3) is 4.38. The number of ether oxygens (including phenoxy) is 1. The standard InChI is InChI=1S/C32H22ClN3O5S/c1-40-21-10-6-19(7-11-21)30-24-13-8-18-4-2-3-5-23(18)29(24)34-32-35(30)31(37)28(42-32)17-22-12-15-27(41-22)20-9-14-25(33)26(16-20)36(38)39/h2-7,9-12,14-17,30H,8,13H2,1H3/b28-17+/t30-/m0/s1. The Bertz CT molecular complexity index is 2110. The van der Waals surface area contributed by atoms with Crippen molar-refractivity contribution >= 4 is 40.4 Å². The van der Waals surface area contributed by atoms with Crippen LogP contribution in [-0.2, 0) is 6.42 Å². The van der Waals surface area contributed by atoms with Gasteiger partial charge in [-0.2, -0.15) is 0 Å². The number of benzene rings is 3. The molecule has 0 amide bonds. The van der Waals surface area contributed by atoms with Gasteiger partial charge in [0.25, 0.3) is 11.2 Å². The molecule has 0 N–H and O–H groups in total. The first-order valence-corrected chi connectivity index (χ1v) is 14.4. The van der Waals surface area contributed by atoms with Gasteiger partial charge in [0, 0.05) is 23.3 Å². The Morgan fingerprint density at radius 3 is 2.69 bits per heavy atom. The molecule has 0 fully saturated rings. The third-order valence-electron chi connectivity index (χ3n) is 7.63. The number of hydrogen-bond donors (Lipinski definition) is 0. The number of halogens is 1. The Morgan fingerprint density at radius 2 is 1.90 bits per heavy atom. The summed E-state index contributed by atoms with van der Waals surface area (Å²) < 4.78 is 13.6. The third-order valence-corrected chi connectivity index (χ3v) is 8.93. The van der Waals surface area contributed by atoms with Crippen molar-refractivity contribution in [3.8, 4) is 17.1 Å². The van der Waals surface area contributed by atoms with Crippen LogP contribution in [0.15, 0.2) is 98.6 Å². The first-order chi connectivity index (χ1) is 20.4. The van der Waals surface area contributed by atoms with E-state index < -0.39 is 4.92 Å². The van der Waals surface area contributed by atoms with E-state index in [1.807, 2.05) is 36.4 Å². The molecule has 0 bridgehead atoms. The highest BCUT2D eigenvalue weighted by atomic mass is 35.5. The van der Waals surface area contributed by atoms with Crippen molar-refractivity contribution in [2.75, 3.05) is 7.11 Å². The number of thiazole rings is 1. The molecular weight excluding hydrogens is 574 g/mol. The van der Waals surface area contributed by atoms with Gasteiger partial charge in [-0.05, 0) is 65.9 Å². The predicted octanol–water partition coefficient (Wildman–Crippen LogP) is 6.15. The Labute approximate surface area is 248 Å². The van der Waals surface area contributed by atoms with Crippen LogP contribution in [-0.4, -0.2) is 16.6 Å². The van der Waals surface area contributed by atoms with E-state index in [9.17, 15) is 14.9 Å². The number of hydrogen-bond acceptors (Lipinski definition) is 7. The van der Waals surface area contributed by atoms with Gasteiger partial charge in [0.05, 0.1) is 28.3 Å². The lowest BCUT2D eigenvalue weighted by molar-refractivity contribution is -0.384. The van der Waals surface area contributed by atoms with E-state index >= 15 is 0 Å². The zero-order chi connectivity index (χ0) is 29.0. The molecule has 42 heavy (non-hydrogen) atoms. The minimum absolute atomic E-state index is 0.0494. The van der Waals surface area contributed by atoms with Gasteiger partial charge in [-0.25, -0.2) is 4.99 Å². The number of methoxy groups -OCH3 is 1. The zero-order valence-electron chi connectivity index (χ0n) is 22.2. The minimum atomic E-state index is -0.534. The lowest BCUT2D eigenvalue weighted by Crippen LogP contribution is -2.38. The molecule has 0 radical (unpaired) electrons. The van der Waals surface area contributed by atoms with Crippen molar-refractivity contribution in [1.82, 2.24) is 4.57 Å². The molecule has 3 aromatic carbocycles. The van der Waals surface area contributed by atoms with E-state index in [1.165, 1.54) is 29.0 Å². The highest BCUT2D eigenvalue weighted by Gasteiger charge is 2.32. The summed E-state index contributed by atoms with van der Waals surface area (Å²) in [5.41, 5.74) is 5.51. The van der Waals surface area contributed by atoms with E-state index in [0.29, 0.717) is 26.4 Å². The average molecular weight is 596 g/mol. The van der Waals surface area contributed by atoms with Crippen LogP contribution in [0.3, 0.4) is 0 Å². The SMILES string of the molecule is COc1ccc([C@H]2C3=C(N=c4s/c(=C/c5ccc(-c6ccc(Cl)c([N+](=O)[O-])c6)o5)c(=O)n42)c2ccccc2CC3)cc1. The number of fused-ring (bicyclic) bond motifs is 3. The van der Waals surface area contributed by atoms with Crippen LogP contribution < -0.4 is 19.6 Å². The van der Waals surface area contributed by atoms with E-state index in [0.717, 1.165) is 41.0 Å². The summed E-state index contributed by atoms with van der Waals surface area (Å²) in [7, 11) is 1.63. The maximum absolute atomic E-state index is 14.0. The monoisotopic (exact) mass is 595 g/mol. The minimum Gasteiger partial charge on any atom is -0.497 e. The van der Waals surface area contributed by atoms with Gasteiger partial charge in [0.1, 0.15) is 22.3 Å². The maximum Gasteiger partial charge on any atom is 0.288 e. The predicted molar refractivity (Wildman–Crippen MR) is 162 cm³/mol. The lowest BCUT2D eigenvalue weighted by atomic mass is 9.83. The van der Waals surface area contributed by atoms with Crippen LogP contribution in [0.2, 0.25) is 5.02 Å². The number of aryl methyl sites for hydroxylation is 1. The molecule has 0 spiro atoms. The fourth-order valence-electron chi connectivity index (χ4n) is 5.63. The number of aromatic nitrogens is 1. The zero-order valence-corrected chi connectivity index (χ0v) is 23.8. The molecule has 1 aliphatic heterocycles. The van der Waals surface area contributed by atoms with Crippen LogP contribution >= 0.6 is 22.9 Å². The normalized spacial score (nSPS) is 16.0. The molecule has 10 heteroatoms. The smallest absolute Gasteiger partial charge is 0.288 e. The maximum atomic E-state index is 14.0. The Kier molecular flexibility index (Phi) is 6.41. The second-order valence-corrected chi connectivity index (χ2v) is 11.4. The molecule has 1 atom stereocenters. The molecule has 8 nitrogen and oxygen atoms in total. The summed E-state index contributed by atoms with van der Waals surface area (Å²) in [5, 5.41) is 11.4. The van der Waals surface area contributed by atoms with E-state index in [4.69, 9.17) is 25.7 Å². The Hall–Kier alpha value is -4.73. The van der Waals surface area contributed by atoms with Crippen molar-refractivity contribution in [3.05, 3.63) is 142 Å². The van der Waals surface area contributed by atoms with Gasteiger partial charge in [-0.1, -0.05) is 59.3 Å². The molecule has 5 aromatic rings. The molecule has 1 aliphatic carbocycles. The number of nitro groups is 1. The second kappa shape index (κ2) is 10.3. The van der Waals surface area contributed by atoms with Crippen LogP contribution in [0.1, 0.15) is 34.9 Å². The Morgan fingerprint density at radius 1 is 1.10 bits per heavy atom. The first-order valence-electron chi connectivity index (χ1n) is 13.2. The quantitative estimate of drug-likeness (QED) is 0.179. The van der Waals surface area contributed by atoms with E-state index in [1.54, 1.807) is 36.0 Å². The molecule has 208 valence electrons. The molecule has 2 aliphatic rings. The summed E-state index contributed by atoms with van der Waals surface area (Å²) in [4.78, 5) is 30.4. The van der Waals surface area contributed by atoms with Crippen molar-refractivity contribution < 1.29 is 14.1 Å². The van der Waals surface area contributed by atoms with Crippen molar-refractivity contribution in [2.24, 2.45) is 4.99 Å². The topological polar surface area (TPSA) is 99.9 Å². The molecule has 0 saturated heterocycles. The molecule has 0 saturated carbocycles. The van der Waals surface area contributed by atoms with Gasteiger partial charge in [0.2, 0.25) is 0 Å².